The molecule has 16 heteroatoms. The molecule has 0 bridgehead atoms. The van der Waals surface area contributed by atoms with E-state index in [4.69, 9.17) is 19.6 Å². The van der Waals surface area contributed by atoms with Gasteiger partial charge in [-0.25, -0.2) is 18.3 Å². The van der Waals surface area contributed by atoms with E-state index in [0.717, 1.165) is 101 Å². The Morgan fingerprint density at radius 3 is 2.43 bits per heavy atom. The summed E-state index contributed by atoms with van der Waals surface area (Å²) < 4.78 is 41.1. The summed E-state index contributed by atoms with van der Waals surface area (Å²) in [7, 11) is -4.20. The van der Waals surface area contributed by atoms with Crippen LogP contribution in [0.2, 0.25) is 0 Å². The van der Waals surface area contributed by atoms with Gasteiger partial charge in [0.25, 0.3) is 15.9 Å². The molecule has 2 amide bonds. The third-order valence-electron chi connectivity index (χ3n) is 11.7. The van der Waals surface area contributed by atoms with E-state index in [-0.39, 0.29) is 34.1 Å². The average Bonchev–Trinajstić information content (AvgIpc) is 3.74. The van der Waals surface area contributed by atoms with Crippen LogP contribution in [0.15, 0.2) is 90.0 Å². The summed E-state index contributed by atoms with van der Waals surface area (Å²) in [6.45, 7) is 10.7. The number of piperazine rings is 1. The van der Waals surface area contributed by atoms with Crippen molar-refractivity contribution in [2.24, 2.45) is 11.8 Å². The van der Waals surface area contributed by atoms with Crippen molar-refractivity contribution < 1.29 is 38.0 Å². The van der Waals surface area contributed by atoms with Crippen molar-refractivity contribution in [2.45, 2.75) is 57.0 Å². The molecule has 4 aliphatic rings. The largest absolute Gasteiger partial charge is 0.455 e. The Labute approximate surface area is 356 Å². The van der Waals surface area contributed by atoms with Gasteiger partial charge in [0.1, 0.15) is 11.5 Å². The van der Waals surface area contributed by atoms with Gasteiger partial charge in [0, 0.05) is 94.8 Å². The van der Waals surface area contributed by atoms with Crippen LogP contribution in [0.3, 0.4) is 0 Å². The molecule has 1 aromatic heterocycles. The third kappa shape index (κ3) is 10.7. The van der Waals surface area contributed by atoms with E-state index in [0.29, 0.717) is 23.6 Å². The number of nitrogens with zero attached hydrogens (tertiary/aromatic N) is 4. The number of benzene rings is 3. The Hall–Kier alpha value is -5.84. The van der Waals surface area contributed by atoms with E-state index >= 15 is 0 Å². The summed E-state index contributed by atoms with van der Waals surface area (Å²) in [6, 6.07) is 22.1. The third-order valence-corrected chi connectivity index (χ3v) is 13.0. The average molecular weight is 853 g/mol. The van der Waals surface area contributed by atoms with Gasteiger partial charge in [0.05, 0.1) is 27.3 Å². The van der Waals surface area contributed by atoms with Crippen molar-refractivity contribution in [3.05, 3.63) is 118 Å². The maximum Gasteiger partial charge on any atom is 0.268 e. The van der Waals surface area contributed by atoms with Crippen molar-refractivity contribution in [3.63, 3.8) is 0 Å². The smallest absolute Gasteiger partial charge is 0.268 e. The standard InChI is InChI=1S/C45H52N6O6S.HNO2/c1-31(2)45(53)51-29-35-7-4-3-6-33(35)24-38(51)30-49-18-20-50(21-19-49)37-12-15-41(43(26-37)57-39-25-34-8-5-9-42(34)47-28-39)44(52)48-58(54,55)40-13-10-36(11-14-40)46-27-32-16-22-56-23-17-32;2-1-3/h3-8,10-15,25-26,28,31-32,38,46H,9,16-24,27,29-30H2,1-2H3,(H,48,52);1H/p+1/t38-;/m1./s1. The maximum absolute atomic E-state index is 13.8. The number of fused-ring (bicyclic) bond motifs is 2. The normalized spacial score (nSPS) is 17.8. The molecular formula is C45H54N7O8S+. The van der Waals surface area contributed by atoms with Crippen molar-refractivity contribution in [1.82, 2.24) is 19.5 Å². The number of amides is 2. The topological polar surface area (TPSA) is 185 Å². The number of nitrogens with one attached hydrogen (secondary N) is 3. The van der Waals surface area contributed by atoms with Crippen LogP contribution in [-0.2, 0) is 38.9 Å². The number of hydrogen-bond acceptors (Lipinski definition) is 11. The molecule has 1 aliphatic carbocycles. The number of rotatable bonds is 12. The van der Waals surface area contributed by atoms with Crippen molar-refractivity contribution in [2.75, 3.05) is 62.7 Å². The molecule has 2 fully saturated rings. The highest BCUT2D eigenvalue weighted by Gasteiger charge is 2.33. The zero-order valence-corrected chi connectivity index (χ0v) is 35.4. The molecule has 3 aliphatic heterocycles. The maximum atomic E-state index is 13.8. The van der Waals surface area contributed by atoms with Gasteiger partial charge >= 0.3 is 0 Å². The first-order valence-corrected chi connectivity index (χ1v) is 22.3. The lowest BCUT2D eigenvalue weighted by Crippen LogP contribution is -2.58. The van der Waals surface area contributed by atoms with Crippen LogP contribution in [0.25, 0.3) is 6.08 Å². The van der Waals surface area contributed by atoms with E-state index in [1.165, 1.54) is 23.3 Å². The minimum Gasteiger partial charge on any atom is -0.455 e. The molecule has 2 saturated heterocycles. The number of allylic oxidation sites excluding steroid dienone is 1. The number of hydrogen-bond donors (Lipinski definition) is 4. The molecule has 4 heterocycles. The molecule has 3 aromatic carbocycles. The molecule has 15 nitrogen and oxygen atoms in total. The fourth-order valence-electron chi connectivity index (χ4n) is 8.29. The van der Waals surface area contributed by atoms with Gasteiger partial charge in [0.2, 0.25) is 5.91 Å². The van der Waals surface area contributed by atoms with Crippen LogP contribution in [0.1, 0.15) is 59.4 Å². The van der Waals surface area contributed by atoms with Crippen LogP contribution in [0, 0.1) is 16.7 Å². The van der Waals surface area contributed by atoms with Crippen LogP contribution in [0.4, 0.5) is 11.4 Å². The number of pyridine rings is 1. The summed E-state index contributed by atoms with van der Waals surface area (Å²) in [5, 5.41) is 10.7. The van der Waals surface area contributed by atoms with Crippen LogP contribution in [-0.4, -0.2) is 98.7 Å². The first-order valence-electron chi connectivity index (χ1n) is 20.8. The molecule has 4 N–H and O–H groups in total. The monoisotopic (exact) mass is 852 g/mol. The summed E-state index contributed by atoms with van der Waals surface area (Å²) in [5.41, 5.74) is 6.18. The van der Waals surface area contributed by atoms with Crippen LogP contribution >= 0.6 is 0 Å². The lowest BCUT2D eigenvalue weighted by atomic mass is 9.92. The van der Waals surface area contributed by atoms with Crippen LogP contribution in [0.5, 0.6) is 11.5 Å². The molecule has 0 radical (unpaired) electrons. The zero-order valence-electron chi connectivity index (χ0n) is 34.6. The molecule has 0 unspecified atom stereocenters. The quantitative estimate of drug-likeness (QED) is 0.148. The van der Waals surface area contributed by atoms with Gasteiger partial charge in [-0.2, -0.15) is 0 Å². The molecule has 8 rings (SSSR count). The van der Waals surface area contributed by atoms with E-state index in [2.05, 4.69) is 47.9 Å². The number of sulfonamides is 1. The lowest BCUT2D eigenvalue weighted by molar-refractivity contribution is -0.755. The lowest BCUT2D eigenvalue weighted by Gasteiger charge is -2.43. The Balaban J connectivity index is 0.00000182. The fraction of sp³-hybridized carbons (Fsp3) is 0.400. The Morgan fingerprint density at radius 2 is 1.70 bits per heavy atom. The van der Waals surface area contributed by atoms with Crippen LogP contribution < -0.4 is 25.0 Å². The second kappa shape index (κ2) is 19.7. The molecule has 1 atom stereocenters. The minimum atomic E-state index is -4.20. The van der Waals surface area contributed by atoms with Crippen molar-refractivity contribution in [1.29, 1.82) is 0 Å². The Kier molecular flexibility index (Phi) is 14.0. The fourth-order valence-corrected chi connectivity index (χ4v) is 9.26. The first-order chi connectivity index (χ1) is 29.5. The molecule has 61 heavy (non-hydrogen) atoms. The predicted octanol–water partition coefficient (Wildman–Crippen LogP) is 4.35. The highest BCUT2D eigenvalue weighted by atomic mass is 32.2. The van der Waals surface area contributed by atoms with E-state index in [1.54, 1.807) is 30.5 Å². The number of aromatic nitrogens is 1. The van der Waals surface area contributed by atoms with Gasteiger partial charge in [-0.15, -0.1) is 0 Å². The number of ether oxygens (including phenoxy) is 2. The highest BCUT2D eigenvalue weighted by molar-refractivity contribution is 7.90. The van der Waals surface area contributed by atoms with Crippen molar-refractivity contribution >= 4 is 39.3 Å². The van der Waals surface area contributed by atoms with E-state index in [1.807, 2.05) is 44.2 Å². The second-order valence-electron chi connectivity index (χ2n) is 16.1. The number of anilines is 2. The molecular weight excluding hydrogens is 799 g/mol. The first kappa shape index (κ1) is 43.3. The SMILES string of the molecule is CC(C)C(=O)N1Cc2ccccc2C[C@@H]1CN1CCN(c2ccc(C(=O)NS(=O)(=O)c3ccc(NCC4CCOCC4)cc3)c(Oc3cnc4c(c3)C=CC4)c2)CC1.O=[NH+]O. The minimum absolute atomic E-state index is 0.0156. The number of carbonyl (C=O) groups is 2. The van der Waals surface area contributed by atoms with Gasteiger partial charge in [-0.1, -0.05) is 50.3 Å². The predicted molar refractivity (Wildman–Crippen MR) is 231 cm³/mol. The zero-order chi connectivity index (χ0) is 42.9. The van der Waals surface area contributed by atoms with Gasteiger partial charge in [-0.3, -0.25) is 19.5 Å². The second-order valence-corrected chi connectivity index (χ2v) is 17.8. The molecule has 4 aromatic rings. The van der Waals surface area contributed by atoms with Gasteiger partial charge in [0.15, 0.2) is 5.34 Å². The number of carbonyl (C=O) groups excluding carboxylic acids is 2. The van der Waals surface area contributed by atoms with E-state index < -0.39 is 15.9 Å². The highest BCUT2D eigenvalue weighted by Crippen LogP contribution is 2.33. The molecule has 322 valence electrons. The summed E-state index contributed by atoms with van der Waals surface area (Å²) >= 11 is 0. The molecule has 0 spiro atoms. The summed E-state index contributed by atoms with van der Waals surface area (Å²) in [5.74, 6) is 0.500. The van der Waals surface area contributed by atoms with E-state index in [9.17, 15) is 18.0 Å². The Bertz CT molecular complexity index is 2330. The molecule has 0 saturated carbocycles. The van der Waals surface area contributed by atoms with Crippen molar-refractivity contribution in [3.8, 4) is 11.5 Å². The van der Waals surface area contributed by atoms with Gasteiger partial charge in [-0.05, 0) is 84.3 Å². The summed E-state index contributed by atoms with van der Waals surface area (Å²) in [4.78, 5) is 46.7. The Morgan fingerprint density at radius 1 is 0.984 bits per heavy atom. The van der Waals surface area contributed by atoms with Gasteiger partial charge < -0.3 is 24.6 Å². The summed E-state index contributed by atoms with van der Waals surface area (Å²) in [6.07, 6.45) is 9.22.